The van der Waals surface area contributed by atoms with E-state index < -0.39 is 0 Å². The van der Waals surface area contributed by atoms with Gasteiger partial charge in [-0.05, 0) is 61.6 Å². The lowest BCUT2D eigenvalue weighted by atomic mass is 9.96. The molecule has 1 aliphatic rings. The molecule has 0 heterocycles. The summed E-state index contributed by atoms with van der Waals surface area (Å²) in [6.07, 6.45) is 4.45. The van der Waals surface area contributed by atoms with Crippen LogP contribution in [-0.4, -0.2) is 7.05 Å². The molecule has 0 saturated heterocycles. The average molecular weight is 348 g/mol. The Bertz CT molecular complexity index is 654. The first-order valence-electron chi connectivity index (χ1n) is 7.40. The van der Waals surface area contributed by atoms with Gasteiger partial charge in [-0.3, -0.25) is 0 Å². The molecular formula is C18H19BrFN. The van der Waals surface area contributed by atoms with Gasteiger partial charge in [0.05, 0.1) is 0 Å². The molecule has 0 saturated carbocycles. The van der Waals surface area contributed by atoms with Crippen LogP contribution in [0.15, 0.2) is 40.9 Å². The van der Waals surface area contributed by atoms with Crippen LogP contribution >= 0.6 is 15.9 Å². The minimum absolute atomic E-state index is 0.00227. The minimum Gasteiger partial charge on any atom is -0.313 e. The molecule has 110 valence electrons. The zero-order chi connectivity index (χ0) is 14.8. The van der Waals surface area contributed by atoms with E-state index in [1.807, 2.05) is 19.2 Å². The van der Waals surface area contributed by atoms with Crippen molar-refractivity contribution in [2.45, 2.75) is 31.7 Å². The van der Waals surface area contributed by atoms with E-state index in [4.69, 9.17) is 0 Å². The van der Waals surface area contributed by atoms with Crippen LogP contribution < -0.4 is 5.32 Å². The van der Waals surface area contributed by atoms with Gasteiger partial charge < -0.3 is 5.32 Å². The van der Waals surface area contributed by atoms with Crippen LogP contribution in [0.3, 0.4) is 0 Å². The Labute approximate surface area is 133 Å². The standard InChI is InChI=1S/C18H19BrFN/c1-21-18(16-8-7-15(19)11-17(16)20)10-12-5-6-13-3-2-4-14(13)9-12/h5-9,11,18,21H,2-4,10H2,1H3. The molecule has 2 aromatic rings. The SMILES string of the molecule is CNC(Cc1ccc2c(c1)CCC2)c1ccc(Br)cc1F. The predicted octanol–water partition coefficient (Wildman–Crippen LogP) is 4.58. The number of aryl methyl sites for hydroxylation is 2. The second-order valence-electron chi connectivity index (χ2n) is 5.67. The fraction of sp³-hybridized carbons (Fsp3) is 0.333. The molecule has 0 aliphatic heterocycles. The van der Waals surface area contributed by atoms with Crippen LogP contribution in [0.5, 0.6) is 0 Å². The Morgan fingerprint density at radius 1 is 1.14 bits per heavy atom. The average Bonchev–Trinajstić information content (AvgIpc) is 2.93. The van der Waals surface area contributed by atoms with Crippen LogP contribution in [0.2, 0.25) is 0 Å². The number of hydrogen-bond donors (Lipinski definition) is 1. The number of rotatable bonds is 4. The highest BCUT2D eigenvalue weighted by Gasteiger charge is 2.17. The molecule has 0 bridgehead atoms. The molecule has 0 radical (unpaired) electrons. The molecule has 21 heavy (non-hydrogen) atoms. The number of hydrogen-bond acceptors (Lipinski definition) is 1. The molecule has 1 atom stereocenters. The molecule has 0 aromatic heterocycles. The van der Waals surface area contributed by atoms with Crippen molar-refractivity contribution in [2.75, 3.05) is 7.05 Å². The molecule has 0 spiro atoms. The Hall–Kier alpha value is -1.19. The number of nitrogens with one attached hydrogen (secondary N) is 1. The zero-order valence-electron chi connectivity index (χ0n) is 12.1. The molecule has 1 N–H and O–H groups in total. The number of halogens is 2. The number of benzene rings is 2. The largest absolute Gasteiger partial charge is 0.313 e. The summed E-state index contributed by atoms with van der Waals surface area (Å²) in [5, 5.41) is 3.24. The van der Waals surface area contributed by atoms with E-state index in [1.54, 1.807) is 0 Å². The van der Waals surface area contributed by atoms with E-state index in [-0.39, 0.29) is 11.9 Å². The zero-order valence-corrected chi connectivity index (χ0v) is 13.7. The Morgan fingerprint density at radius 2 is 1.95 bits per heavy atom. The maximum absolute atomic E-state index is 14.1. The van der Waals surface area contributed by atoms with Crippen LogP contribution in [0.25, 0.3) is 0 Å². The first kappa shape index (κ1) is 14.7. The van der Waals surface area contributed by atoms with Gasteiger partial charge in [0.25, 0.3) is 0 Å². The molecule has 3 heteroatoms. The van der Waals surface area contributed by atoms with Crippen molar-refractivity contribution in [3.8, 4) is 0 Å². The minimum atomic E-state index is -0.162. The van der Waals surface area contributed by atoms with Crippen molar-refractivity contribution >= 4 is 15.9 Å². The summed E-state index contributed by atoms with van der Waals surface area (Å²) in [7, 11) is 1.89. The molecular weight excluding hydrogens is 329 g/mol. The number of likely N-dealkylation sites (N-methyl/N-ethyl adjacent to an activating group) is 1. The highest BCUT2D eigenvalue weighted by atomic mass is 79.9. The lowest BCUT2D eigenvalue weighted by Gasteiger charge is -2.18. The number of fused-ring (bicyclic) bond motifs is 1. The van der Waals surface area contributed by atoms with E-state index >= 15 is 0 Å². The van der Waals surface area contributed by atoms with Gasteiger partial charge in [0, 0.05) is 16.1 Å². The van der Waals surface area contributed by atoms with Crippen LogP contribution in [0.1, 0.15) is 34.7 Å². The van der Waals surface area contributed by atoms with Gasteiger partial charge in [0.15, 0.2) is 0 Å². The highest BCUT2D eigenvalue weighted by molar-refractivity contribution is 9.10. The highest BCUT2D eigenvalue weighted by Crippen LogP contribution is 2.27. The second kappa shape index (κ2) is 6.29. The van der Waals surface area contributed by atoms with E-state index in [2.05, 4.69) is 39.4 Å². The lowest BCUT2D eigenvalue weighted by molar-refractivity contribution is 0.533. The molecule has 0 amide bonds. The third kappa shape index (κ3) is 3.19. The third-order valence-electron chi connectivity index (χ3n) is 4.29. The van der Waals surface area contributed by atoms with E-state index in [0.29, 0.717) is 0 Å². The van der Waals surface area contributed by atoms with Gasteiger partial charge in [-0.1, -0.05) is 40.2 Å². The summed E-state index contributed by atoms with van der Waals surface area (Å²) in [5.74, 6) is -0.162. The van der Waals surface area contributed by atoms with Crippen LogP contribution in [0.4, 0.5) is 4.39 Å². The fourth-order valence-corrected chi connectivity index (χ4v) is 3.47. The molecule has 1 unspecified atom stereocenters. The summed E-state index contributed by atoms with van der Waals surface area (Å²) in [6.45, 7) is 0. The van der Waals surface area contributed by atoms with Crippen molar-refractivity contribution in [3.63, 3.8) is 0 Å². The first-order valence-corrected chi connectivity index (χ1v) is 8.19. The monoisotopic (exact) mass is 347 g/mol. The van der Waals surface area contributed by atoms with Gasteiger partial charge in [-0.15, -0.1) is 0 Å². The molecule has 0 fully saturated rings. The second-order valence-corrected chi connectivity index (χ2v) is 6.58. The lowest BCUT2D eigenvalue weighted by Crippen LogP contribution is -2.20. The summed E-state index contributed by atoms with van der Waals surface area (Å²) >= 11 is 3.31. The quantitative estimate of drug-likeness (QED) is 0.853. The van der Waals surface area contributed by atoms with Crippen molar-refractivity contribution in [1.29, 1.82) is 0 Å². The summed E-state index contributed by atoms with van der Waals surface area (Å²) < 4.78 is 14.9. The van der Waals surface area contributed by atoms with Gasteiger partial charge in [-0.25, -0.2) is 4.39 Å². The van der Waals surface area contributed by atoms with Gasteiger partial charge in [0.1, 0.15) is 5.82 Å². The van der Waals surface area contributed by atoms with Crippen molar-refractivity contribution < 1.29 is 4.39 Å². The summed E-state index contributed by atoms with van der Waals surface area (Å²) in [6, 6.07) is 12.0. The summed E-state index contributed by atoms with van der Waals surface area (Å²) in [4.78, 5) is 0. The van der Waals surface area contributed by atoms with Gasteiger partial charge in [-0.2, -0.15) is 0 Å². The maximum atomic E-state index is 14.1. The van der Waals surface area contributed by atoms with E-state index in [9.17, 15) is 4.39 Å². The van der Waals surface area contributed by atoms with Crippen molar-refractivity contribution in [2.24, 2.45) is 0 Å². The molecule has 1 nitrogen and oxygen atoms in total. The van der Waals surface area contributed by atoms with Gasteiger partial charge in [0.2, 0.25) is 0 Å². The Kier molecular flexibility index (Phi) is 4.41. The Morgan fingerprint density at radius 3 is 2.71 bits per heavy atom. The third-order valence-corrected chi connectivity index (χ3v) is 4.78. The van der Waals surface area contributed by atoms with Gasteiger partial charge >= 0.3 is 0 Å². The topological polar surface area (TPSA) is 12.0 Å². The maximum Gasteiger partial charge on any atom is 0.129 e. The predicted molar refractivity (Wildman–Crippen MR) is 88.1 cm³/mol. The first-order chi connectivity index (χ1) is 10.2. The fourth-order valence-electron chi connectivity index (χ4n) is 3.14. The molecule has 2 aromatic carbocycles. The van der Waals surface area contributed by atoms with E-state index in [1.165, 1.54) is 42.0 Å². The van der Waals surface area contributed by atoms with Crippen molar-refractivity contribution in [1.82, 2.24) is 5.32 Å². The summed E-state index contributed by atoms with van der Waals surface area (Å²) in [5.41, 5.74) is 4.95. The molecule has 1 aliphatic carbocycles. The van der Waals surface area contributed by atoms with Crippen molar-refractivity contribution in [3.05, 3.63) is 68.9 Å². The van der Waals surface area contributed by atoms with Crippen LogP contribution in [0, 0.1) is 5.82 Å². The smallest absolute Gasteiger partial charge is 0.129 e. The normalized spacial score (nSPS) is 15.0. The molecule has 3 rings (SSSR count). The van der Waals surface area contributed by atoms with Crippen LogP contribution in [-0.2, 0) is 19.3 Å². The Balaban J connectivity index is 1.84. The van der Waals surface area contributed by atoms with E-state index in [0.717, 1.165) is 16.5 Å².